The number of amides is 1. The van der Waals surface area contributed by atoms with E-state index in [1.807, 2.05) is 18.2 Å². The Kier molecular flexibility index (Phi) is 5.56. The summed E-state index contributed by atoms with van der Waals surface area (Å²) in [5.41, 5.74) is 1.24. The summed E-state index contributed by atoms with van der Waals surface area (Å²) in [6.45, 7) is 4.22. The van der Waals surface area contributed by atoms with Crippen LogP contribution in [0.3, 0.4) is 0 Å². The van der Waals surface area contributed by atoms with Crippen LogP contribution in [0, 0.1) is 0 Å². The van der Waals surface area contributed by atoms with Crippen molar-refractivity contribution in [3.8, 4) is 0 Å². The summed E-state index contributed by atoms with van der Waals surface area (Å²) in [7, 11) is 0. The van der Waals surface area contributed by atoms with E-state index in [0.717, 1.165) is 19.4 Å². The molecule has 2 rings (SSSR count). The molecular weight excluding hydrogens is 252 g/mol. The Labute approximate surface area is 120 Å². The van der Waals surface area contributed by atoms with Gasteiger partial charge in [-0.25, -0.2) is 0 Å². The van der Waals surface area contributed by atoms with Crippen molar-refractivity contribution in [3.63, 3.8) is 0 Å². The average Bonchev–Trinajstić information content (AvgIpc) is 2.92. The van der Waals surface area contributed by atoms with Crippen LogP contribution in [-0.4, -0.2) is 48.2 Å². The maximum atomic E-state index is 12.0. The maximum Gasteiger partial charge on any atom is 0.234 e. The summed E-state index contributed by atoms with van der Waals surface area (Å²) in [4.78, 5) is 14.0. The van der Waals surface area contributed by atoms with E-state index < -0.39 is 0 Å². The molecular formula is C16H24N2O2. The molecule has 110 valence electrons. The second-order valence-corrected chi connectivity index (χ2v) is 5.56. The van der Waals surface area contributed by atoms with Crippen LogP contribution in [0.1, 0.15) is 31.2 Å². The smallest absolute Gasteiger partial charge is 0.234 e. The molecule has 1 aliphatic heterocycles. The fourth-order valence-corrected chi connectivity index (χ4v) is 2.72. The molecule has 0 aromatic heterocycles. The minimum Gasteiger partial charge on any atom is -0.395 e. The summed E-state index contributed by atoms with van der Waals surface area (Å²) in [6, 6.07) is 10.4. The highest BCUT2D eigenvalue weighted by Crippen LogP contribution is 2.16. The van der Waals surface area contributed by atoms with E-state index in [9.17, 15) is 9.90 Å². The van der Waals surface area contributed by atoms with E-state index in [1.165, 1.54) is 5.56 Å². The molecule has 0 spiro atoms. The van der Waals surface area contributed by atoms with E-state index in [0.29, 0.717) is 19.0 Å². The van der Waals surface area contributed by atoms with Crippen molar-refractivity contribution < 1.29 is 9.90 Å². The van der Waals surface area contributed by atoms with Gasteiger partial charge >= 0.3 is 0 Å². The average molecular weight is 276 g/mol. The van der Waals surface area contributed by atoms with Gasteiger partial charge in [-0.05, 0) is 30.9 Å². The Morgan fingerprint density at radius 1 is 1.45 bits per heavy atom. The molecule has 1 amide bonds. The normalized spacial score (nSPS) is 20.8. The minimum absolute atomic E-state index is 0.0492. The Hall–Kier alpha value is -1.39. The SMILES string of the molecule is CC(CNC(=O)CN1CCC[C@@H]1CO)c1ccccc1. The highest BCUT2D eigenvalue weighted by Gasteiger charge is 2.25. The van der Waals surface area contributed by atoms with Gasteiger partial charge in [0.05, 0.1) is 13.2 Å². The maximum absolute atomic E-state index is 12.0. The number of hydrogen-bond donors (Lipinski definition) is 2. The second kappa shape index (κ2) is 7.41. The van der Waals surface area contributed by atoms with Gasteiger partial charge in [0.15, 0.2) is 0 Å². The van der Waals surface area contributed by atoms with Gasteiger partial charge in [-0.3, -0.25) is 9.69 Å². The van der Waals surface area contributed by atoms with Gasteiger partial charge < -0.3 is 10.4 Å². The fourth-order valence-electron chi connectivity index (χ4n) is 2.72. The summed E-state index contributed by atoms with van der Waals surface area (Å²) < 4.78 is 0. The van der Waals surface area contributed by atoms with Crippen molar-refractivity contribution in [1.29, 1.82) is 0 Å². The Morgan fingerprint density at radius 2 is 2.20 bits per heavy atom. The molecule has 0 radical (unpaired) electrons. The lowest BCUT2D eigenvalue weighted by atomic mass is 10.0. The number of aliphatic hydroxyl groups excluding tert-OH is 1. The number of hydrogen-bond acceptors (Lipinski definition) is 3. The van der Waals surface area contributed by atoms with E-state index in [-0.39, 0.29) is 18.6 Å². The lowest BCUT2D eigenvalue weighted by Crippen LogP contribution is -2.41. The molecule has 1 heterocycles. The van der Waals surface area contributed by atoms with Crippen LogP contribution in [0.25, 0.3) is 0 Å². The zero-order valence-electron chi connectivity index (χ0n) is 12.1. The molecule has 1 unspecified atom stereocenters. The van der Waals surface area contributed by atoms with Crippen LogP contribution < -0.4 is 5.32 Å². The Morgan fingerprint density at radius 3 is 2.90 bits per heavy atom. The van der Waals surface area contributed by atoms with E-state index in [1.54, 1.807) is 0 Å². The van der Waals surface area contributed by atoms with E-state index in [4.69, 9.17) is 0 Å². The van der Waals surface area contributed by atoms with Gasteiger partial charge in [-0.1, -0.05) is 37.3 Å². The largest absolute Gasteiger partial charge is 0.395 e. The number of carbonyl (C=O) groups is 1. The number of likely N-dealkylation sites (tertiary alicyclic amines) is 1. The first kappa shape index (κ1) is 15.0. The van der Waals surface area contributed by atoms with Crippen LogP contribution in [0.5, 0.6) is 0 Å². The molecule has 4 heteroatoms. The topological polar surface area (TPSA) is 52.6 Å². The van der Waals surface area contributed by atoms with Gasteiger partial charge in [0, 0.05) is 12.6 Å². The molecule has 0 aliphatic carbocycles. The van der Waals surface area contributed by atoms with Crippen molar-refractivity contribution in [2.45, 2.75) is 31.7 Å². The Balaban J connectivity index is 1.75. The van der Waals surface area contributed by atoms with Crippen molar-refractivity contribution in [2.75, 3.05) is 26.2 Å². The third-order valence-electron chi connectivity index (χ3n) is 4.03. The third kappa shape index (κ3) is 4.05. The first-order valence-electron chi connectivity index (χ1n) is 7.37. The van der Waals surface area contributed by atoms with Crippen molar-refractivity contribution in [1.82, 2.24) is 10.2 Å². The van der Waals surface area contributed by atoms with Gasteiger partial charge in [0.25, 0.3) is 0 Å². The standard InChI is InChI=1S/C16H24N2O2/c1-13(14-6-3-2-4-7-14)10-17-16(20)11-18-9-5-8-15(18)12-19/h2-4,6-7,13,15,19H,5,8-12H2,1H3,(H,17,20)/t13?,15-/m1/s1. The molecule has 4 nitrogen and oxygen atoms in total. The molecule has 1 aromatic carbocycles. The van der Waals surface area contributed by atoms with Gasteiger partial charge in [-0.15, -0.1) is 0 Å². The zero-order valence-corrected chi connectivity index (χ0v) is 12.1. The minimum atomic E-state index is 0.0492. The first-order chi connectivity index (χ1) is 9.70. The van der Waals surface area contributed by atoms with Crippen LogP contribution in [0.4, 0.5) is 0 Å². The van der Waals surface area contributed by atoms with Crippen molar-refractivity contribution >= 4 is 5.91 Å². The first-order valence-corrected chi connectivity index (χ1v) is 7.37. The molecule has 0 saturated carbocycles. The predicted molar refractivity (Wildman–Crippen MR) is 79.5 cm³/mol. The fraction of sp³-hybridized carbons (Fsp3) is 0.562. The van der Waals surface area contributed by atoms with Crippen LogP contribution >= 0.6 is 0 Å². The van der Waals surface area contributed by atoms with E-state index in [2.05, 4.69) is 29.3 Å². The number of benzene rings is 1. The van der Waals surface area contributed by atoms with Crippen molar-refractivity contribution in [2.24, 2.45) is 0 Å². The summed E-state index contributed by atoms with van der Waals surface area (Å²) >= 11 is 0. The highest BCUT2D eigenvalue weighted by atomic mass is 16.3. The zero-order chi connectivity index (χ0) is 14.4. The number of aliphatic hydroxyl groups is 1. The number of carbonyl (C=O) groups excluding carboxylic acids is 1. The number of nitrogens with zero attached hydrogens (tertiary/aromatic N) is 1. The monoisotopic (exact) mass is 276 g/mol. The molecule has 2 atom stereocenters. The van der Waals surface area contributed by atoms with E-state index >= 15 is 0 Å². The summed E-state index contributed by atoms with van der Waals surface area (Å²) in [6.07, 6.45) is 2.06. The van der Waals surface area contributed by atoms with Crippen LogP contribution in [-0.2, 0) is 4.79 Å². The second-order valence-electron chi connectivity index (χ2n) is 5.56. The molecule has 2 N–H and O–H groups in total. The molecule has 0 bridgehead atoms. The summed E-state index contributed by atoms with van der Waals surface area (Å²) in [5.74, 6) is 0.362. The molecule has 20 heavy (non-hydrogen) atoms. The van der Waals surface area contributed by atoms with Gasteiger partial charge in [0.1, 0.15) is 0 Å². The quantitative estimate of drug-likeness (QED) is 0.825. The van der Waals surface area contributed by atoms with Gasteiger partial charge in [0.2, 0.25) is 5.91 Å². The molecule has 1 saturated heterocycles. The van der Waals surface area contributed by atoms with Crippen molar-refractivity contribution in [3.05, 3.63) is 35.9 Å². The lowest BCUT2D eigenvalue weighted by molar-refractivity contribution is -0.122. The van der Waals surface area contributed by atoms with Crippen LogP contribution in [0.2, 0.25) is 0 Å². The number of nitrogens with one attached hydrogen (secondary N) is 1. The van der Waals surface area contributed by atoms with Crippen LogP contribution in [0.15, 0.2) is 30.3 Å². The summed E-state index contributed by atoms with van der Waals surface area (Å²) in [5, 5.41) is 12.2. The molecule has 1 fully saturated rings. The lowest BCUT2D eigenvalue weighted by Gasteiger charge is -2.22. The Bertz CT molecular complexity index is 422. The molecule has 1 aromatic rings. The highest BCUT2D eigenvalue weighted by molar-refractivity contribution is 5.78. The third-order valence-corrected chi connectivity index (χ3v) is 4.03. The van der Waals surface area contributed by atoms with Gasteiger partial charge in [-0.2, -0.15) is 0 Å². The predicted octanol–water partition coefficient (Wildman–Crippen LogP) is 1.36. The molecule has 1 aliphatic rings. The number of rotatable bonds is 6.